The molecule has 0 bridgehead atoms. The molecule has 0 saturated carbocycles. The van der Waals surface area contributed by atoms with Gasteiger partial charge >= 0.3 is 0 Å². The molecule has 0 aromatic carbocycles. The van der Waals surface area contributed by atoms with Gasteiger partial charge in [0.2, 0.25) is 0 Å². The van der Waals surface area contributed by atoms with Crippen LogP contribution in [0.2, 0.25) is 0 Å². The Labute approximate surface area is 104 Å². The van der Waals surface area contributed by atoms with Crippen LogP contribution in [-0.4, -0.2) is 43.9 Å². The van der Waals surface area contributed by atoms with Crippen molar-refractivity contribution in [3.05, 3.63) is 0 Å². The lowest BCUT2D eigenvalue weighted by Gasteiger charge is -2.35. The molecule has 2 saturated heterocycles. The molecule has 2 heterocycles. The molecular formula is C11H23N3O2S. The van der Waals surface area contributed by atoms with Gasteiger partial charge in [-0.05, 0) is 39.5 Å². The van der Waals surface area contributed by atoms with E-state index in [1.165, 1.54) is 0 Å². The summed E-state index contributed by atoms with van der Waals surface area (Å²) in [7, 11) is -3.27. The third-order valence-electron chi connectivity index (χ3n) is 3.77. The third-order valence-corrected chi connectivity index (χ3v) is 5.41. The highest BCUT2D eigenvalue weighted by Crippen LogP contribution is 2.17. The molecule has 3 unspecified atom stereocenters. The van der Waals surface area contributed by atoms with Crippen LogP contribution in [0.25, 0.3) is 0 Å². The van der Waals surface area contributed by atoms with Gasteiger partial charge in [-0.3, -0.25) is 0 Å². The minimum absolute atomic E-state index is 0.0248. The maximum absolute atomic E-state index is 12.1. The fourth-order valence-electron chi connectivity index (χ4n) is 2.68. The van der Waals surface area contributed by atoms with Crippen molar-refractivity contribution in [1.82, 2.24) is 14.3 Å². The maximum Gasteiger partial charge on any atom is 0.279 e. The molecule has 6 heteroatoms. The zero-order valence-electron chi connectivity index (χ0n) is 10.6. The number of nitrogens with one attached hydrogen (secondary N) is 2. The maximum atomic E-state index is 12.1. The summed E-state index contributed by atoms with van der Waals surface area (Å²) in [5.41, 5.74) is 0. The summed E-state index contributed by atoms with van der Waals surface area (Å²) in [5.74, 6) is 0. The Kier molecular flexibility index (Phi) is 4.07. The van der Waals surface area contributed by atoms with Crippen LogP contribution in [0.15, 0.2) is 0 Å². The first kappa shape index (κ1) is 13.3. The zero-order chi connectivity index (χ0) is 12.5. The second kappa shape index (κ2) is 5.22. The molecule has 0 spiro atoms. The van der Waals surface area contributed by atoms with E-state index in [-0.39, 0.29) is 12.1 Å². The predicted octanol–water partition coefficient (Wildman–Crippen LogP) is 0.446. The van der Waals surface area contributed by atoms with Gasteiger partial charge in [0.05, 0.1) is 0 Å². The molecule has 0 aromatic rings. The molecule has 2 aliphatic heterocycles. The van der Waals surface area contributed by atoms with Crippen molar-refractivity contribution in [3.63, 3.8) is 0 Å². The van der Waals surface area contributed by atoms with E-state index in [1.54, 1.807) is 4.31 Å². The topological polar surface area (TPSA) is 61.4 Å². The summed E-state index contributed by atoms with van der Waals surface area (Å²) in [6.45, 7) is 5.52. The lowest BCUT2D eigenvalue weighted by molar-refractivity contribution is 0.292. The molecule has 5 nitrogen and oxygen atoms in total. The smallest absolute Gasteiger partial charge is 0.279 e. The molecule has 17 heavy (non-hydrogen) atoms. The van der Waals surface area contributed by atoms with Crippen LogP contribution in [0.5, 0.6) is 0 Å². The summed E-state index contributed by atoms with van der Waals surface area (Å²) in [6.07, 6.45) is 3.91. The van der Waals surface area contributed by atoms with Crippen LogP contribution >= 0.6 is 0 Å². The number of piperidine rings is 1. The predicted molar refractivity (Wildman–Crippen MR) is 67.9 cm³/mol. The average molecular weight is 261 g/mol. The standard InChI is InChI=1S/C11H23N3O2S/c1-9-5-6-11(10(2)12-9)13-17(15,16)14-7-3-4-8-14/h9-13H,3-8H2,1-2H3. The van der Waals surface area contributed by atoms with Gasteiger partial charge in [-0.25, -0.2) is 0 Å². The first-order valence-corrected chi connectivity index (χ1v) is 7.96. The number of rotatable bonds is 3. The van der Waals surface area contributed by atoms with Crippen molar-refractivity contribution in [3.8, 4) is 0 Å². The first-order chi connectivity index (χ1) is 7.99. The van der Waals surface area contributed by atoms with Gasteiger partial charge in [0, 0.05) is 31.2 Å². The van der Waals surface area contributed by atoms with Gasteiger partial charge in [0.15, 0.2) is 0 Å². The van der Waals surface area contributed by atoms with Crippen molar-refractivity contribution in [2.45, 2.75) is 57.7 Å². The monoisotopic (exact) mass is 261 g/mol. The first-order valence-electron chi connectivity index (χ1n) is 6.52. The van der Waals surface area contributed by atoms with Crippen molar-refractivity contribution < 1.29 is 8.42 Å². The second-order valence-electron chi connectivity index (χ2n) is 5.27. The molecule has 0 aromatic heterocycles. The average Bonchev–Trinajstić information content (AvgIpc) is 2.76. The van der Waals surface area contributed by atoms with Crippen LogP contribution < -0.4 is 10.0 Å². The van der Waals surface area contributed by atoms with Crippen LogP contribution in [0.1, 0.15) is 39.5 Å². The molecule has 2 N–H and O–H groups in total. The SMILES string of the molecule is CC1CCC(NS(=O)(=O)N2CCCC2)C(C)N1. The quantitative estimate of drug-likeness (QED) is 0.775. The molecule has 2 fully saturated rings. The second-order valence-corrected chi connectivity index (χ2v) is 6.97. The van der Waals surface area contributed by atoms with Gasteiger partial charge in [-0.1, -0.05) is 0 Å². The summed E-state index contributed by atoms with van der Waals surface area (Å²) in [5, 5.41) is 3.40. The number of hydrogen-bond donors (Lipinski definition) is 2. The summed E-state index contributed by atoms with van der Waals surface area (Å²) < 4.78 is 28.6. The summed E-state index contributed by atoms with van der Waals surface area (Å²) >= 11 is 0. The number of nitrogens with zero attached hydrogens (tertiary/aromatic N) is 1. The van der Waals surface area contributed by atoms with Crippen molar-refractivity contribution >= 4 is 10.2 Å². The fraction of sp³-hybridized carbons (Fsp3) is 1.00. The van der Waals surface area contributed by atoms with Gasteiger partial charge in [0.1, 0.15) is 0 Å². The van der Waals surface area contributed by atoms with E-state index in [2.05, 4.69) is 17.0 Å². The van der Waals surface area contributed by atoms with Crippen molar-refractivity contribution in [1.29, 1.82) is 0 Å². The van der Waals surface area contributed by atoms with Crippen molar-refractivity contribution in [2.75, 3.05) is 13.1 Å². The molecule has 100 valence electrons. The van der Waals surface area contributed by atoms with E-state index in [0.29, 0.717) is 19.1 Å². The van der Waals surface area contributed by atoms with E-state index in [0.717, 1.165) is 25.7 Å². The van der Waals surface area contributed by atoms with Crippen LogP contribution in [0, 0.1) is 0 Å². The minimum atomic E-state index is -3.27. The highest BCUT2D eigenvalue weighted by atomic mass is 32.2. The highest BCUT2D eigenvalue weighted by molar-refractivity contribution is 7.87. The lowest BCUT2D eigenvalue weighted by atomic mass is 9.96. The molecule has 2 aliphatic rings. The van der Waals surface area contributed by atoms with Gasteiger partial charge < -0.3 is 5.32 Å². The Morgan fingerprint density at radius 2 is 1.82 bits per heavy atom. The van der Waals surface area contributed by atoms with Crippen LogP contribution in [-0.2, 0) is 10.2 Å². The minimum Gasteiger partial charge on any atom is -0.310 e. The molecule has 0 amide bonds. The van der Waals surface area contributed by atoms with E-state index in [9.17, 15) is 8.42 Å². The Morgan fingerprint density at radius 1 is 1.18 bits per heavy atom. The van der Waals surface area contributed by atoms with E-state index < -0.39 is 10.2 Å². The molecule has 3 atom stereocenters. The lowest BCUT2D eigenvalue weighted by Crippen LogP contribution is -2.56. The molecule has 0 radical (unpaired) electrons. The Bertz CT molecular complexity index is 352. The fourth-order valence-corrected chi connectivity index (χ4v) is 4.28. The highest BCUT2D eigenvalue weighted by Gasteiger charge is 2.32. The summed E-state index contributed by atoms with van der Waals surface area (Å²) in [4.78, 5) is 0. The Balaban J connectivity index is 1.95. The molecule has 2 rings (SSSR count). The van der Waals surface area contributed by atoms with Crippen LogP contribution in [0.4, 0.5) is 0 Å². The normalized spacial score (nSPS) is 36.2. The van der Waals surface area contributed by atoms with Crippen LogP contribution in [0.3, 0.4) is 0 Å². The largest absolute Gasteiger partial charge is 0.310 e. The Morgan fingerprint density at radius 3 is 2.41 bits per heavy atom. The molecular weight excluding hydrogens is 238 g/mol. The van der Waals surface area contributed by atoms with E-state index in [4.69, 9.17) is 0 Å². The van der Waals surface area contributed by atoms with Crippen molar-refractivity contribution in [2.24, 2.45) is 0 Å². The van der Waals surface area contributed by atoms with E-state index in [1.807, 2.05) is 6.92 Å². The molecule has 0 aliphatic carbocycles. The zero-order valence-corrected chi connectivity index (χ0v) is 11.5. The van der Waals surface area contributed by atoms with E-state index >= 15 is 0 Å². The number of hydrogen-bond acceptors (Lipinski definition) is 3. The third kappa shape index (κ3) is 3.19. The Hall–Kier alpha value is -0.170. The van der Waals surface area contributed by atoms with Gasteiger partial charge in [-0.2, -0.15) is 17.4 Å². The van der Waals surface area contributed by atoms with Gasteiger partial charge in [0.25, 0.3) is 10.2 Å². The van der Waals surface area contributed by atoms with Gasteiger partial charge in [-0.15, -0.1) is 0 Å². The summed E-state index contributed by atoms with van der Waals surface area (Å²) in [6, 6.07) is 0.713.